The van der Waals surface area contributed by atoms with Gasteiger partial charge in [-0.15, -0.1) is 5.10 Å². The molecule has 1 fully saturated rings. The summed E-state index contributed by atoms with van der Waals surface area (Å²) in [5.74, 6) is 0.0477. The highest BCUT2D eigenvalue weighted by Crippen LogP contribution is 2.17. The van der Waals surface area contributed by atoms with Gasteiger partial charge in [-0.1, -0.05) is 10.4 Å². The van der Waals surface area contributed by atoms with E-state index >= 15 is 0 Å². The first-order valence-corrected chi connectivity index (χ1v) is 7.70. The van der Waals surface area contributed by atoms with Crippen molar-refractivity contribution in [1.29, 1.82) is 0 Å². The molecule has 0 spiro atoms. The Morgan fingerprint density at radius 3 is 2.95 bits per heavy atom. The average molecular weight is 284 g/mol. The number of sulfone groups is 1. The van der Waals surface area contributed by atoms with Crippen LogP contribution in [-0.2, 0) is 15.6 Å². The molecule has 3 heterocycles. The number of aromatic nitrogens is 5. The van der Waals surface area contributed by atoms with Gasteiger partial charge in [0.05, 0.1) is 12.2 Å². The van der Waals surface area contributed by atoms with Crippen LogP contribution in [0.1, 0.15) is 11.9 Å². The monoisotopic (exact) mass is 284 g/mol. The fourth-order valence-corrected chi connectivity index (χ4v) is 2.25. The molecule has 9 nitrogen and oxygen atoms in total. The Bertz CT molecular complexity index is 686. The highest BCUT2D eigenvalue weighted by molar-refractivity contribution is 7.89. The topological polar surface area (TPSA) is 116 Å². The zero-order chi connectivity index (χ0) is 13.5. The van der Waals surface area contributed by atoms with Gasteiger partial charge in [0.25, 0.3) is 5.89 Å². The molecule has 2 aromatic rings. The molecule has 0 aromatic carbocycles. The van der Waals surface area contributed by atoms with Gasteiger partial charge in [-0.25, -0.2) is 13.1 Å². The van der Waals surface area contributed by atoms with E-state index in [0.29, 0.717) is 11.7 Å². The first-order chi connectivity index (χ1) is 9.01. The van der Waals surface area contributed by atoms with Gasteiger partial charge in [0.1, 0.15) is 5.75 Å². The summed E-state index contributed by atoms with van der Waals surface area (Å²) in [6, 6.07) is 0.291. The fourth-order valence-electron chi connectivity index (χ4n) is 1.66. The Morgan fingerprint density at radius 1 is 1.53 bits per heavy atom. The molecule has 0 unspecified atom stereocenters. The van der Waals surface area contributed by atoms with Gasteiger partial charge < -0.3 is 9.84 Å². The summed E-state index contributed by atoms with van der Waals surface area (Å²) >= 11 is 0. The zero-order valence-corrected chi connectivity index (χ0v) is 11.0. The molecule has 1 saturated heterocycles. The number of nitrogens with zero attached hydrogens (tertiary/aromatic N) is 5. The maximum atomic E-state index is 11.1. The Balaban J connectivity index is 1.80. The summed E-state index contributed by atoms with van der Waals surface area (Å²) in [5, 5.41) is 14.7. The van der Waals surface area contributed by atoms with Crippen molar-refractivity contribution >= 4 is 9.84 Å². The van der Waals surface area contributed by atoms with Crippen molar-refractivity contribution in [3.8, 4) is 11.6 Å². The fraction of sp³-hybridized carbons (Fsp3) is 0.556. The molecule has 0 amide bonds. The van der Waals surface area contributed by atoms with Crippen LogP contribution in [0.2, 0.25) is 0 Å². The van der Waals surface area contributed by atoms with Gasteiger partial charge in [0.15, 0.2) is 21.4 Å². The molecule has 1 N–H and O–H groups in total. The summed E-state index contributed by atoms with van der Waals surface area (Å²) in [4.78, 5) is 3.99. The Hall–Kier alpha value is -1.81. The van der Waals surface area contributed by atoms with Crippen LogP contribution in [0.25, 0.3) is 11.6 Å². The van der Waals surface area contributed by atoms with E-state index < -0.39 is 9.84 Å². The minimum Gasteiger partial charge on any atom is -0.332 e. The lowest BCUT2D eigenvalue weighted by Gasteiger charge is -2.26. The largest absolute Gasteiger partial charge is 0.332 e. The van der Waals surface area contributed by atoms with E-state index in [1.165, 1.54) is 0 Å². The Labute approximate surface area is 108 Å². The molecule has 10 heteroatoms. The maximum Gasteiger partial charge on any atom is 0.280 e. The van der Waals surface area contributed by atoms with Crippen molar-refractivity contribution in [3.05, 3.63) is 12.0 Å². The molecule has 0 bridgehead atoms. The van der Waals surface area contributed by atoms with Gasteiger partial charge in [0, 0.05) is 19.3 Å². The third-order valence-electron chi connectivity index (χ3n) is 2.72. The van der Waals surface area contributed by atoms with E-state index in [4.69, 9.17) is 4.52 Å². The van der Waals surface area contributed by atoms with Crippen molar-refractivity contribution in [2.75, 3.05) is 19.3 Å². The number of hydrogen-bond acceptors (Lipinski definition) is 8. The minimum atomic E-state index is -3.18. The van der Waals surface area contributed by atoms with Crippen LogP contribution in [0.15, 0.2) is 10.7 Å². The summed E-state index contributed by atoms with van der Waals surface area (Å²) in [6.45, 7) is 1.71. The predicted octanol–water partition coefficient (Wildman–Crippen LogP) is -0.983. The van der Waals surface area contributed by atoms with E-state index in [1.807, 2.05) is 0 Å². The molecule has 1 aliphatic rings. The molecule has 102 valence electrons. The average Bonchev–Trinajstić information content (AvgIpc) is 2.81. The molecule has 0 atom stereocenters. The van der Waals surface area contributed by atoms with Crippen LogP contribution in [0.4, 0.5) is 0 Å². The molecule has 1 aliphatic heterocycles. The van der Waals surface area contributed by atoms with Crippen LogP contribution >= 0.6 is 0 Å². The summed E-state index contributed by atoms with van der Waals surface area (Å²) < 4.78 is 29.0. The van der Waals surface area contributed by atoms with Crippen molar-refractivity contribution < 1.29 is 12.9 Å². The lowest BCUT2D eigenvalue weighted by atomic mass is 10.2. The van der Waals surface area contributed by atoms with Crippen molar-refractivity contribution in [1.82, 2.24) is 30.5 Å². The standard InChI is InChI=1S/C9H12N6O3S/c1-19(16,17)5-8-11-9(18-13-8)7-4-15(14-12-7)6-2-10-3-6/h4,6,10H,2-3,5H2,1H3. The van der Waals surface area contributed by atoms with Gasteiger partial charge in [-0.05, 0) is 0 Å². The number of nitrogens with one attached hydrogen (secondary N) is 1. The van der Waals surface area contributed by atoms with E-state index in [1.54, 1.807) is 10.9 Å². The van der Waals surface area contributed by atoms with Crippen LogP contribution in [-0.4, -0.2) is 52.9 Å². The van der Waals surface area contributed by atoms with Crippen LogP contribution in [0.3, 0.4) is 0 Å². The third kappa shape index (κ3) is 2.63. The smallest absolute Gasteiger partial charge is 0.280 e. The second kappa shape index (κ2) is 4.38. The van der Waals surface area contributed by atoms with Crippen LogP contribution in [0.5, 0.6) is 0 Å². The molecule has 2 aromatic heterocycles. The summed E-state index contributed by atoms with van der Waals surface area (Å²) in [5.41, 5.74) is 0.444. The van der Waals surface area contributed by atoms with E-state index in [-0.39, 0.29) is 17.5 Å². The quantitative estimate of drug-likeness (QED) is 0.761. The van der Waals surface area contributed by atoms with Crippen molar-refractivity contribution in [3.63, 3.8) is 0 Å². The van der Waals surface area contributed by atoms with Gasteiger partial charge in [0.2, 0.25) is 0 Å². The first kappa shape index (κ1) is 12.2. The number of hydrogen-bond donors (Lipinski definition) is 1. The zero-order valence-electron chi connectivity index (χ0n) is 10.1. The van der Waals surface area contributed by atoms with Gasteiger partial charge in [-0.2, -0.15) is 4.98 Å². The summed E-state index contributed by atoms with van der Waals surface area (Å²) in [7, 11) is -3.18. The number of rotatable bonds is 4. The normalized spacial score (nSPS) is 16.5. The highest BCUT2D eigenvalue weighted by Gasteiger charge is 2.22. The van der Waals surface area contributed by atoms with Crippen molar-refractivity contribution in [2.24, 2.45) is 0 Å². The molecule has 3 rings (SSSR count). The first-order valence-electron chi connectivity index (χ1n) is 5.64. The lowest BCUT2D eigenvalue weighted by molar-refractivity contribution is 0.313. The molecular formula is C9H12N6O3S. The predicted molar refractivity (Wildman–Crippen MR) is 63.8 cm³/mol. The van der Waals surface area contributed by atoms with E-state index in [2.05, 4.69) is 25.8 Å². The Kier molecular flexibility index (Phi) is 2.82. The molecule has 0 saturated carbocycles. The van der Waals surface area contributed by atoms with E-state index in [9.17, 15) is 8.42 Å². The van der Waals surface area contributed by atoms with Crippen LogP contribution < -0.4 is 5.32 Å². The second-order valence-corrected chi connectivity index (χ2v) is 6.62. The van der Waals surface area contributed by atoms with Gasteiger partial charge in [-0.3, -0.25) is 0 Å². The van der Waals surface area contributed by atoms with Gasteiger partial charge >= 0.3 is 0 Å². The Morgan fingerprint density at radius 2 is 2.32 bits per heavy atom. The summed E-state index contributed by atoms with van der Waals surface area (Å²) in [6.07, 6.45) is 2.83. The molecule has 0 radical (unpaired) electrons. The maximum absolute atomic E-state index is 11.1. The molecule has 0 aliphatic carbocycles. The minimum absolute atomic E-state index is 0.123. The third-order valence-corrected chi connectivity index (χ3v) is 3.51. The van der Waals surface area contributed by atoms with Crippen molar-refractivity contribution in [2.45, 2.75) is 11.8 Å². The SMILES string of the molecule is CS(=O)(=O)Cc1noc(-c2cn(C3CNC3)nn2)n1. The highest BCUT2D eigenvalue weighted by atomic mass is 32.2. The van der Waals surface area contributed by atoms with E-state index in [0.717, 1.165) is 19.3 Å². The molecular weight excluding hydrogens is 272 g/mol. The lowest BCUT2D eigenvalue weighted by Crippen LogP contribution is -2.43. The second-order valence-electron chi connectivity index (χ2n) is 4.48. The molecule has 19 heavy (non-hydrogen) atoms. The van der Waals surface area contributed by atoms with Crippen LogP contribution in [0, 0.1) is 0 Å².